The maximum Gasteiger partial charge on any atom is 0.241 e. The Bertz CT molecular complexity index is 852. The second kappa shape index (κ2) is 7.76. The molecule has 0 saturated heterocycles. The Balaban J connectivity index is 2.04. The van der Waals surface area contributed by atoms with E-state index in [4.69, 9.17) is 0 Å². The van der Waals surface area contributed by atoms with E-state index in [0.717, 1.165) is 22.3 Å². The molecular weight excluding hydrogens is 338 g/mol. The fourth-order valence-electron chi connectivity index (χ4n) is 2.62. The van der Waals surface area contributed by atoms with Gasteiger partial charge >= 0.3 is 0 Å². The maximum atomic E-state index is 12.7. The molecule has 0 aliphatic heterocycles. The number of nitrogens with zero attached hydrogens (tertiary/aromatic N) is 1. The predicted molar refractivity (Wildman–Crippen MR) is 98.1 cm³/mol. The number of nitrogens with one attached hydrogen (secondary N) is 2. The zero-order valence-electron chi connectivity index (χ0n) is 14.9. The molecule has 1 aromatic carbocycles. The van der Waals surface area contributed by atoms with Crippen LogP contribution in [0.15, 0.2) is 35.5 Å². The van der Waals surface area contributed by atoms with Gasteiger partial charge in [0.25, 0.3) is 0 Å². The molecule has 0 unspecified atom stereocenters. The highest BCUT2D eigenvalue weighted by atomic mass is 32.2. The molecular formula is C18H23N3O3S. The standard InChI is InChI=1S/C18H23N3O3S/c1-12-10-13(2)15(4)18(14(12)3)25(23,24)20-9-7-17(22)21-16-6-5-8-19-11-16/h5-6,8,10-11,20H,7,9H2,1-4H3,(H,21,22). The number of pyridine rings is 1. The summed E-state index contributed by atoms with van der Waals surface area (Å²) >= 11 is 0. The highest BCUT2D eigenvalue weighted by molar-refractivity contribution is 7.89. The molecule has 2 rings (SSSR count). The van der Waals surface area contributed by atoms with Crippen molar-refractivity contribution in [3.63, 3.8) is 0 Å². The fraction of sp³-hybridized carbons (Fsp3) is 0.333. The van der Waals surface area contributed by atoms with Crippen molar-refractivity contribution >= 4 is 21.6 Å². The van der Waals surface area contributed by atoms with Gasteiger partial charge < -0.3 is 5.32 Å². The molecule has 0 bridgehead atoms. The van der Waals surface area contributed by atoms with Crippen LogP contribution in [0.5, 0.6) is 0 Å². The average Bonchev–Trinajstić information content (AvgIpc) is 2.53. The number of hydrogen-bond donors (Lipinski definition) is 2. The molecule has 0 aliphatic rings. The van der Waals surface area contributed by atoms with Gasteiger partial charge in [-0.15, -0.1) is 0 Å². The van der Waals surface area contributed by atoms with Crippen LogP contribution in [0.2, 0.25) is 0 Å². The van der Waals surface area contributed by atoms with E-state index in [2.05, 4.69) is 15.0 Å². The van der Waals surface area contributed by atoms with Crippen LogP contribution in [0.3, 0.4) is 0 Å². The molecule has 2 aromatic rings. The van der Waals surface area contributed by atoms with Crippen LogP contribution in [0.1, 0.15) is 28.7 Å². The first kappa shape index (κ1) is 19.1. The van der Waals surface area contributed by atoms with Crippen molar-refractivity contribution in [2.45, 2.75) is 39.0 Å². The van der Waals surface area contributed by atoms with Gasteiger partial charge in [-0.1, -0.05) is 6.07 Å². The summed E-state index contributed by atoms with van der Waals surface area (Å²) in [4.78, 5) is 16.1. The number of carbonyl (C=O) groups excluding carboxylic acids is 1. The van der Waals surface area contributed by atoms with Crippen LogP contribution < -0.4 is 10.0 Å². The van der Waals surface area contributed by atoms with Gasteiger partial charge in [-0.3, -0.25) is 9.78 Å². The van der Waals surface area contributed by atoms with E-state index in [1.807, 2.05) is 19.9 Å². The molecule has 0 saturated carbocycles. The Hall–Kier alpha value is -2.25. The fourth-order valence-corrected chi connectivity index (χ4v) is 4.26. The summed E-state index contributed by atoms with van der Waals surface area (Å²) in [6, 6.07) is 5.41. The number of aromatic nitrogens is 1. The number of benzene rings is 1. The zero-order chi connectivity index (χ0) is 18.6. The van der Waals surface area contributed by atoms with Crippen LogP contribution >= 0.6 is 0 Å². The third-order valence-electron chi connectivity index (χ3n) is 4.16. The molecule has 7 heteroatoms. The lowest BCUT2D eigenvalue weighted by Gasteiger charge is -2.16. The van der Waals surface area contributed by atoms with Crippen molar-refractivity contribution in [3.05, 3.63) is 52.8 Å². The number of aryl methyl sites for hydroxylation is 2. The summed E-state index contributed by atoms with van der Waals surface area (Å²) in [5.41, 5.74) is 3.90. The van der Waals surface area contributed by atoms with Crippen molar-refractivity contribution in [2.24, 2.45) is 0 Å². The molecule has 1 amide bonds. The highest BCUT2D eigenvalue weighted by Crippen LogP contribution is 2.25. The molecule has 0 atom stereocenters. The van der Waals surface area contributed by atoms with E-state index >= 15 is 0 Å². The van der Waals surface area contributed by atoms with Gasteiger partial charge in [0.15, 0.2) is 0 Å². The summed E-state index contributed by atoms with van der Waals surface area (Å²) in [5.74, 6) is -0.274. The van der Waals surface area contributed by atoms with Crippen LogP contribution in [0.25, 0.3) is 0 Å². The Labute approximate surface area is 148 Å². The van der Waals surface area contributed by atoms with Gasteiger partial charge in [-0.05, 0) is 62.1 Å². The van der Waals surface area contributed by atoms with Crippen molar-refractivity contribution in [3.8, 4) is 0 Å². The van der Waals surface area contributed by atoms with Crippen LogP contribution in [0.4, 0.5) is 5.69 Å². The zero-order valence-corrected chi connectivity index (χ0v) is 15.7. The number of amides is 1. The van der Waals surface area contributed by atoms with Crippen molar-refractivity contribution in [2.75, 3.05) is 11.9 Å². The van der Waals surface area contributed by atoms with E-state index in [0.29, 0.717) is 10.6 Å². The topological polar surface area (TPSA) is 88.2 Å². The van der Waals surface area contributed by atoms with Gasteiger partial charge in [-0.25, -0.2) is 13.1 Å². The highest BCUT2D eigenvalue weighted by Gasteiger charge is 2.21. The quantitative estimate of drug-likeness (QED) is 0.828. The van der Waals surface area contributed by atoms with Crippen LogP contribution in [-0.4, -0.2) is 25.9 Å². The molecule has 1 heterocycles. The third kappa shape index (κ3) is 4.64. The minimum atomic E-state index is -3.68. The summed E-state index contributed by atoms with van der Waals surface area (Å²) in [6.45, 7) is 7.40. The Morgan fingerprint density at radius 1 is 1.12 bits per heavy atom. The lowest BCUT2D eigenvalue weighted by Crippen LogP contribution is -2.29. The Kier molecular flexibility index (Phi) is 5.92. The van der Waals surface area contributed by atoms with Gasteiger partial charge in [0.1, 0.15) is 0 Å². The normalized spacial score (nSPS) is 11.4. The number of rotatable bonds is 6. The number of hydrogen-bond acceptors (Lipinski definition) is 4. The second-order valence-corrected chi connectivity index (χ2v) is 7.73. The van der Waals surface area contributed by atoms with Gasteiger partial charge in [0.2, 0.25) is 15.9 Å². The number of anilines is 1. The van der Waals surface area contributed by atoms with E-state index < -0.39 is 10.0 Å². The Morgan fingerprint density at radius 3 is 2.32 bits per heavy atom. The predicted octanol–water partition coefficient (Wildman–Crippen LogP) is 2.62. The van der Waals surface area contributed by atoms with Crippen LogP contribution in [-0.2, 0) is 14.8 Å². The minimum Gasteiger partial charge on any atom is -0.325 e. The van der Waals surface area contributed by atoms with Crippen molar-refractivity contribution < 1.29 is 13.2 Å². The molecule has 0 fully saturated rings. The van der Waals surface area contributed by atoms with Crippen molar-refractivity contribution in [1.29, 1.82) is 0 Å². The maximum absolute atomic E-state index is 12.7. The van der Waals surface area contributed by atoms with E-state index in [9.17, 15) is 13.2 Å². The van der Waals surface area contributed by atoms with Crippen molar-refractivity contribution in [1.82, 2.24) is 9.71 Å². The minimum absolute atomic E-state index is 0.0281. The van der Waals surface area contributed by atoms with Gasteiger partial charge in [0, 0.05) is 19.2 Å². The molecule has 134 valence electrons. The second-order valence-electron chi connectivity index (χ2n) is 6.03. The molecule has 2 N–H and O–H groups in total. The largest absolute Gasteiger partial charge is 0.325 e. The number of carbonyl (C=O) groups is 1. The molecule has 1 aromatic heterocycles. The lowest BCUT2D eigenvalue weighted by molar-refractivity contribution is -0.116. The molecule has 0 radical (unpaired) electrons. The first-order chi connectivity index (χ1) is 11.7. The van der Waals surface area contributed by atoms with Gasteiger partial charge in [0.05, 0.1) is 16.8 Å². The van der Waals surface area contributed by atoms with E-state index in [1.165, 1.54) is 6.20 Å². The summed E-state index contributed by atoms with van der Waals surface area (Å²) < 4.78 is 27.9. The Morgan fingerprint density at radius 2 is 1.76 bits per heavy atom. The van der Waals surface area contributed by atoms with E-state index in [-0.39, 0.29) is 18.9 Å². The summed E-state index contributed by atoms with van der Waals surface area (Å²) in [5, 5.41) is 2.67. The summed E-state index contributed by atoms with van der Waals surface area (Å²) in [6.07, 6.45) is 3.18. The van der Waals surface area contributed by atoms with Gasteiger partial charge in [-0.2, -0.15) is 0 Å². The molecule has 0 spiro atoms. The first-order valence-electron chi connectivity index (χ1n) is 7.99. The van der Waals surface area contributed by atoms with E-state index in [1.54, 1.807) is 32.2 Å². The lowest BCUT2D eigenvalue weighted by atomic mass is 10.0. The monoisotopic (exact) mass is 361 g/mol. The SMILES string of the molecule is Cc1cc(C)c(C)c(S(=O)(=O)NCCC(=O)Nc2cccnc2)c1C. The summed E-state index contributed by atoms with van der Waals surface area (Å²) in [7, 11) is -3.68. The smallest absolute Gasteiger partial charge is 0.241 e. The number of sulfonamides is 1. The molecule has 0 aliphatic carbocycles. The first-order valence-corrected chi connectivity index (χ1v) is 9.47. The average molecular weight is 361 g/mol. The van der Waals surface area contributed by atoms with Crippen LogP contribution in [0, 0.1) is 27.7 Å². The molecule has 25 heavy (non-hydrogen) atoms. The third-order valence-corrected chi connectivity index (χ3v) is 5.89. The molecule has 6 nitrogen and oxygen atoms in total.